The second-order valence-electron chi connectivity index (χ2n) is 7.90. The number of aliphatic hydroxyl groups excluding tert-OH is 1. The maximum atomic E-state index is 13.1. The smallest absolute Gasteiger partial charge is 0.295 e. The average Bonchev–Trinajstić information content (AvgIpc) is 3.41. The highest BCUT2D eigenvalue weighted by Gasteiger charge is 2.47. The molecule has 2 fully saturated rings. The highest BCUT2D eigenvalue weighted by atomic mass is 16.6. The molecule has 172 valence electrons. The molecule has 0 saturated carbocycles. The highest BCUT2D eigenvalue weighted by molar-refractivity contribution is 6.46. The van der Waals surface area contributed by atoms with E-state index < -0.39 is 28.4 Å². The molecule has 2 aliphatic rings. The van der Waals surface area contributed by atoms with Gasteiger partial charge in [-0.25, -0.2) is 0 Å². The molecule has 0 aliphatic carbocycles. The molecular formula is C24H24N2O7. The topological polar surface area (TPSA) is 119 Å². The summed E-state index contributed by atoms with van der Waals surface area (Å²) < 4.78 is 11.3. The summed E-state index contributed by atoms with van der Waals surface area (Å²) in [7, 11) is 0. The van der Waals surface area contributed by atoms with Crippen LogP contribution in [0.2, 0.25) is 0 Å². The number of ether oxygens (including phenoxy) is 2. The van der Waals surface area contributed by atoms with Crippen LogP contribution in [0, 0.1) is 10.1 Å². The number of amides is 1. The molecule has 0 radical (unpaired) electrons. The molecule has 2 aliphatic heterocycles. The van der Waals surface area contributed by atoms with Crippen molar-refractivity contribution in [1.82, 2.24) is 4.90 Å². The molecule has 2 aromatic rings. The zero-order valence-electron chi connectivity index (χ0n) is 18.1. The molecule has 0 aromatic heterocycles. The summed E-state index contributed by atoms with van der Waals surface area (Å²) in [5.41, 5.74) is 0.324. The number of rotatable bonds is 7. The number of non-ortho nitro benzene ring substituents is 1. The van der Waals surface area contributed by atoms with Crippen LogP contribution in [0.3, 0.4) is 0 Å². The molecule has 2 unspecified atom stereocenters. The number of hydrogen-bond acceptors (Lipinski definition) is 7. The summed E-state index contributed by atoms with van der Waals surface area (Å²) in [6.07, 6.45) is 1.42. The minimum Gasteiger partial charge on any atom is -0.507 e. The molecule has 1 amide bonds. The molecule has 2 aromatic carbocycles. The Morgan fingerprint density at radius 3 is 2.73 bits per heavy atom. The summed E-state index contributed by atoms with van der Waals surface area (Å²) in [5, 5.41) is 22.3. The van der Waals surface area contributed by atoms with Gasteiger partial charge in [0.1, 0.15) is 11.5 Å². The van der Waals surface area contributed by atoms with Gasteiger partial charge in [0.2, 0.25) is 0 Å². The first-order chi connectivity index (χ1) is 15.9. The van der Waals surface area contributed by atoms with Gasteiger partial charge in [-0.15, -0.1) is 0 Å². The summed E-state index contributed by atoms with van der Waals surface area (Å²) in [4.78, 5) is 38.2. The zero-order valence-corrected chi connectivity index (χ0v) is 18.1. The molecule has 0 spiro atoms. The molecule has 9 heteroatoms. The first-order valence-electron chi connectivity index (χ1n) is 10.8. The lowest BCUT2D eigenvalue weighted by Crippen LogP contribution is -2.36. The number of likely N-dealkylation sites (tertiary alicyclic amines) is 1. The van der Waals surface area contributed by atoms with Gasteiger partial charge in [-0.05, 0) is 37.5 Å². The van der Waals surface area contributed by atoms with Gasteiger partial charge < -0.3 is 19.5 Å². The minimum absolute atomic E-state index is 0.0882. The molecule has 9 nitrogen and oxygen atoms in total. The van der Waals surface area contributed by atoms with Crippen LogP contribution >= 0.6 is 0 Å². The van der Waals surface area contributed by atoms with Gasteiger partial charge >= 0.3 is 0 Å². The Bertz CT molecular complexity index is 1120. The number of Topliss-reactive ketones (excluding diaryl/α,β-unsaturated/α-hetero) is 1. The maximum Gasteiger partial charge on any atom is 0.295 e. The molecule has 2 heterocycles. The number of carbonyl (C=O) groups is 2. The number of benzene rings is 2. The van der Waals surface area contributed by atoms with Crippen LogP contribution in [0.15, 0.2) is 54.1 Å². The second kappa shape index (κ2) is 9.41. The summed E-state index contributed by atoms with van der Waals surface area (Å²) in [6.45, 7) is 3.07. The standard InChI is InChI=1S/C24H24N2O7/c1-2-32-18-9-4-6-15(13-18)21-20(22(27)16-7-3-8-17(12-16)26(30)31)23(28)24(29)25(21)14-19-10-5-11-33-19/h3-4,6-9,12-13,19,21,27H,2,5,10-11,14H2,1H3/b22-20-. The van der Waals surface area contributed by atoms with Crippen molar-refractivity contribution < 1.29 is 29.1 Å². The van der Waals surface area contributed by atoms with Crippen molar-refractivity contribution >= 4 is 23.1 Å². The van der Waals surface area contributed by atoms with Gasteiger partial charge in [0.15, 0.2) is 0 Å². The summed E-state index contributed by atoms with van der Waals surface area (Å²) in [6, 6.07) is 11.5. The maximum absolute atomic E-state index is 13.1. The van der Waals surface area contributed by atoms with Crippen molar-refractivity contribution in [2.45, 2.75) is 31.9 Å². The second-order valence-corrected chi connectivity index (χ2v) is 7.90. The van der Waals surface area contributed by atoms with E-state index >= 15 is 0 Å². The average molecular weight is 452 g/mol. The van der Waals surface area contributed by atoms with Gasteiger partial charge in [0, 0.05) is 30.8 Å². The number of aliphatic hydroxyl groups is 1. The molecular weight excluding hydrogens is 428 g/mol. The van der Waals surface area contributed by atoms with Crippen LogP contribution in [0.4, 0.5) is 5.69 Å². The van der Waals surface area contributed by atoms with Crippen LogP contribution in [0.1, 0.15) is 36.9 Å². The van der Waals surface area contributed by atoms with Gasteiger partial charge in [-0.3, -0.25) is 19.7 Å². The summed E-state index contributed by atoms with van der Waals surface area (Å²) >= 11 is 0. The number of ketones is 1. The molecule has 0 bridgehead atoms. The van der Waals surface area contributed by atoms with Crippen LogP contribution in [0.5, 0.6) is 5.75 Å². The largest absolute Gasteiger partial charge is 0.507 e. The van der Waals surface area contributed by atoms with E-state index in [1.807, 2.05) is 6.92 Å². The van der Waals surface area contributed by atoms with Crippen LogP contribution in [-0.4, -0.2) is 52.5 Å². The Kier molecular flexibility index (Phi) is 6.41. The predicted octanol–water partition coefficient (Wildman–Crippen LogP) is 3.59. The van der Waals surface area contributed by atoms with E-state index in [0.29, 0.717) is 24.5 Å². The van der Waals surface area contributed by atoms with Gasteiger partial charge in [0.05, 0.1) is 29.2 Å². The van der Waals surface area contributed by atoms with E-state index in [-0.39, 0.29) is 29.5 Å². The third-order valence-electron chi connectivity index (χ3n) is 5.78. The molecule has 1 N–H and O–H groups in total. The SMILES string of the molecule is CCOc1cccc(C2/C(=C(/O)c3cccc([N+](=O)[O-])c3)C(=O)C(=O)N2CC2CCCO2)c1. The van der Waals surface area contributed by atoms with Gasteiger partial charge in [-0.2, -0.15) is 0 Å². The monoisotopic (exact) mass is 452 g/mol. The first kappa shape index (κ1) is 22.5. The van der Waals surface area contributed by atoms with Crippen molar-refractivity contribution in [3.05, 3.63) is 75.3 Å². The zero-order chi connectivity index (χ0) is 23.5. The van der Waals surface area contributed by atoms with E-state index in [9.17, 15) is 24.8 Å². The van der Waals surface area contributed by atoms with Crippen molar-refractivity contribution in [3.63, 3.8) is 0 Å². The lowest BCUT2D eigenvalue weighted by atomic mass is 9.95. The fourth-order valence-corrected chi connectivity index (χ4v) is 4.29. The number of hydrogen-bond donors (Lipinski definition) is 1. The Labute approximate surface area is 190 Å². The van der Waals surface area contributed by atoms with Gasteiger partial charge in [0.25, 0.3) is 17.4 Å². The van der Waals surface area contributed by atoms with Crippen molar-refractivity contribution in [2.24, 2.45) is 0 Å². The van der Waals surface area contributed by atoms with Crippen LogP contribution in [0.25, 0.3) is 5.76 Å². The number of nitrogens with zero attached hydrogens (tertiary/aromatic N) is 2. The van der Waals surface area contributed by atoms with E-state index in [4.69, 9.17) is 9.47 Å². The van der Waals surface area contributed by atoms with E-state index in [0.717, 1.165) is 12.8 Å². The highest BCUT2D eigenvalue weighted by Crippen LogP contribution is 2.41. The normalized spacial score (nSPS) is 22.0. The molecule has 2 atom stereocenters. The minimum atomic E-state index is -0.881. The Morgan fingerprint density at radius 2 is 2.03 bits per heavy atom. The van der Waals surface area contributed by atoms with E-state index in [2.05, 4.69) is 0 Å². The fraction of sp³-hybridized carbons (Fsp3) is 0.333. The quantitative estimate of drug-likeness (QED) is 0.224. The number of carbonyl (C=O) groups excluding carboxylic acids is 2. The van der Waals surface area contributed by atoms with Crippen molar-refractivity contribution in [1.29, 1.82) is 0 Å². The van der Waals surface area contributed by atoms with Gasteiger partial charge in [-0.1, -0.05) is 24.3 Å². The molecule has 4 rings (SSSR count). The Morgan fingerprint density at radius 1 is 1.24 bits per heavy atom. The molecule has 33 heavy (non-hydrogen) atoms. The number of nitro benzene ring substituents is 1. The van der Waals surface area contributed by atoms with Crippen LogP contribution < -0.4 is 4.74 Å². The van der Waals surface area contributed by atoms with Crippen molar-refractivity contribution in [3.8, 4) is 5.75 Å². The molecule has 2 saturated heterocycles. The summed E-state index contributed by atoms with van der Waals surface area (Å²) in [5.74, 6) is -1.49. The first-order valence-corrected chi connectivity index (χ1v) is 10.8. The Balaban J connectivity index is 1.84. The third kappa shape index (κ3) is 4.45. The fourth-order valence-electron chi connectivity index (χ4n) is 4.29. The number of nitro groups is 1. The lowest BCUT2D eigenvalue weighted by molar-refractivity contribution is -0.384. The van der Waals surface area contributed by atoms with E-state index in [1.165, 1.54) is 29.2 Å². The van der Waals surface area contributed by atoms with E-state index in [1.54, 1.807) is 24.3 Å². The lowest BCUT2D eigenvalue weighted by Gasteiger charge is -2.27. The van der Waals surface area contributed by atoms with Crippen molar-refractivity contribution in [2.75, 3.05) is 19.8 Å². The Hall–Kier alpha value is -3.72. The van der Waals surface area contributed by atoms with Crippen LogP contribution in [-0.2, 0) is 14.3 Å². The predicted molar refractivity (Wildman–Crippen MR) is 119 cm³/mol. The third-order valence-corrected chi connectivity index (χ3v) is 5.78.